The molecule has 7 heteroatoms. The van der Waals surface area contributed by atoms with Crippen molar-refractivity contribution in [3.05, 3.63) is 47.4 Å². The summed E-state index contributed by atoms with van der Waals surface area (Å²) >= 11 is 0. The van der Waals surface area contributed by atoms with E-state index >= 15 is 0 Å². The molecule has 0 radical (unpaired) electrons. The highest BCUT2D eigenvalue weighted by atomic mass is 19.1. The van der Waals surface area contributed by atoms with Gasteiger partial charge < -0.3 is 14.4 Å². The molecule has 136 valence electrons. The molecule has 1 aromatic heterocycles. The second-order valence-electron chi connectivity index (χ2n) is 6.31. The fraction of sp³-hybridized carbons (Fsp3) is 0.556. The van der Waals surface area contributed by atoms with E-state index in [0.717, 1.165) is 19.4 Å². The molecule has 25 heavy (non-hydrogen) atoms. The maximum atomic E-state index is 13.5. The van der Waals surface area contributed by atoms with Gasteiger partial charge in [0.15, 0.2) is 5.82 Å². The summed E-state index contributed by atoms with van der Waals surface area (Å²) in [6, 6.07) is 6.57. The fourth-order valence-corrected chi connectivity index (χ4v) is 3.13. The van der Waals surface area contributed by atoms with Gasteiger partial charge in [0, 0.05) is 18.5 Å². The third kappa shape index (κ3) is 4.62. The first kappa shape index (κ1) is 18.0. The van der Waals surface area contributed by atoms with Crippen LogP contribution in [0.15, 0.2) is 28.8 Å². The topological polar surface area (TPSA) is 71.6 Å². The van der Waals surface area contributed by atoms with Crippen LogP contribution in [0.5, 0.6) is 0 Å². The van der Waals surface area contributed by atoms with Gasteiger partial charge in [-0.1, -0.05) is 30.3 Å². The van der Waals surface area contributed by atoms with Crippen LogP contribution >= 0.6 is 0 Å². The zero-order valence-electron chi connectivity index (χ0n) is 14.4. The van der Waals surface area contributed by atoms with Crippen LogP contribution in [0.2, 0.25) is 0 Å². The van der Waals surface area contributed by atoms with Gasteiger partial charge in [0.1, 0.15) is 5.82 Å². The van der Waals surface area contributed by atoms with Crippen LogP contribution in [0, 0.1) is 5.82 Å². The first-order valence-corrected chi connectivity index (χ1v) is 8.73. The lowest BCUT2D eigenvalue weighted by Gasteiger charge is -2.24. The largest absolute Gasteiger partial charge is 0.389 e. The monoisotopic (exact) mass is 349 g/mol. The van der Waals surface area contributed by atoms with E-state index in [0.29, 0.717) is 30.2 Å². The predicted octanol–water partition coefficient (Wildman–Crippen LogP) is 2.49. The molecule has 0 bridgehead atoms. The number of hydrogen-bond acceptors (Lipinski definition) is 6. The van der Waals surface area contributed by atoms with Crippen molar-refractivity contribution in [3.8, 4) is 0 Å². The SMILES string of the molecule is CCc1nc([C@@H]2CCCN2C[C@@H](O)COCc2ccccc2F)no1. The van der Waals surface area contributed by atoms with Crippen LogP contribution in [-0.2, 0) is 17.8 Å². The second-order valence-corrected chi connectivity index (χ2v) is 6.31. The smallest absolute Gasteiger partial charge is 0.226 e. The Bertz CT molecular complexity index is 679. The Labute approximate surface area is 146 Å². The molecule has 2 atom stereocenters. The zero-order valence-corrected chi connectivity index (χ0v) is 14.4. The van der Waals surface area contributed by atoms with Crippen LogP contribution < -0.4 is 0 Å². The van der Waals surface area contributed by atoms with Crippen molar-refractivity contribution in [3.63, 3.8) is 0 Å². The highest BCUT2D eigenvalue weighted by Gasteiger charge is 2.31. The van der Waals surface area contributed by atoms with E-state index in [1.807, 2.05) is 6.92 Å². The van der Waals surface area contributed by atoms with E-state index in [9.17, 15) is 9.50 Å². The van der Waals surface area contributed by atoms with Crippen LogP contribution in [0.3, 0.4) is 0 Å². The predicted molar refractivity (Wildman–Crippen MR) is 89.3 cm³/mol. The zero-order chi connectivity index (χ0) is 17.6. The van der Waals surface area contributed by atoms with Crippen LogP contribution in [0.1, 0.15) is 43.1 Å². The number of halogens is 1. The van der Waals surface area contributed by atoms with Gasteiger partial charge in [-0.05, 0) is 25.5 Å². The summed E-state index contributed by atoms with van der Waals surface area (Å²) < 4.78 is 24.2. The molecule has 6 nitrogen and oxygen atoms in total. The molecule has 1 aliphatic rings. The van der Waals surface area contributed by atoms with E-state index in [2.05, 4.69) is 15.0 Å². The summed E-state index contributed by atoms with van der Waals surface area (Å²) in [4.78, 5) is 6.56. The Balaban J connectivity index is 1.48. The third-order valence-corrected chi connectivity index (χ3v) is 4.42. The number of aryl methyl sites for hydroxylation is 1. The number of rotatable bonds is 8. The second kappa shape index (κ2) is 8.51. The summed E-state index contributed by atoms with van der Waals surface area (Å²) in [6.07, 6.45) is 2.05. The molecule has 3 rings (SSSR count). The molecule has 1 fully saturated rings. The summed E-state index contributed by atoms with van der Waals surface area (Å²) in [5, 5.41) is 14.3. The lowest BCUT2D eigenvalue weighted by molar-refractivity contribution is 0.00637. The lowest BCUT2D eigenvalue weighted by atomic mass is 10.2. The van der Waals surface area contributed by atoms with E-state index in [1.54, 1.807) is 18.2 Å². The number of likely N-dealkylation sites (tertiary alicyclic amines) is 1. The maximum absolute atomic E-state index is 13.5. The molecule has 0 spiro atoms. The van der Waals surface area contributed by atoms with Gasteiger partial charge >= 0.3 is 0 Å². The summed E-state index contributed by atoms with van der Waals surface area (Å²) in [5.41, 5.74) is 0.493. The minimum atomic E-state index is -0.648. The van der Waals surface area contributed by atoms with E-state index < -0.39 is 6.10 Å². The molecule has 1 aliphatic heterocycles. The van der Waals surface area contributed by atoms with Gasteiger partial charge in [-0.25, -0.2) is 4.39 Å². The highest BCUT2D eigenvalue weighted by molar-refractivity contribution is 5.16. The van der Waals surface area contributed by atoms with Crippen LogP contribution in [0.4, 0.5) is 4.39 Å². The molecule has 2 heterocycles. The van der Waals surface area contributed by atoms with Gasteiger partial charge in [-0.2, -0.15) is 4.98 Å². The first-order valence-electron chi connectivity index (χ1n) is 8.73. The van der Waals surface area contributed by atoms with Crippen molar-refractivity contribution < 1.29 is 18.8 Å². The Morgan fingerprint density at radius 1 is 1.44 bits per heavy atom. The third-order valence-electron chi connectivity index (χ3n) is 4.42. The molecular formula is C18H24FN3O3. The van der Waals surface area contributed by atoms with Crippen LogP contribution in [0.25, 0.3) is 0 Å². The standard InChI is InChI=1S/C18H24FN3O3/c1-2-17-20-18(21-25-17)16-8-5-9-22(16)10-14(23)12-24-11-13-6-3-4-7-15(13)19/h3-4,6-7,14,16,23H,2,5,8-12H2,1H3/t14-,16+/m1/s1. The Morgan fingerprint density at radius 2 is 2.28 bits per heavy atom. The van der Waals surface area contributed by atoms with E-state index in [1.165, 1.54) is 6.07 Å². The van der Waals surface area contributed by atoms with Crippen molar-refractivity contribution in [1.82, 2.24) is 15.0 Å². The Kier molecular flexibility index (Phi) is 6.12. The highest BCUT2D eigenvalue weighted by Crippen LogP contribution is 2.30. The molecule has 1 N–H and O–H groups in total. The minimum Gasteiger partial charge on any atom is -0.389 e. The summed E-state index contributed by atoms with van der Waals surface area (Å²) in [7, 11) is 0. The molecule has 0 unspecified atom stereocenters. The molecular weight excluding hydrogens is 325 g/mol. The number of benzene rings is 1. The van der Waals surface area contributed by atoms with Gasteiger partial charge in [0.2, 0.25) is 5.89 Å². The Hall–Kier alpha value is -1.83. The number of aromatic nitrogens is 2. The molecule has 1 saturated heterocycles. The number of aliphatic hydroxyl groups excluding tert-OH is 1. The molecule has 0 amide bonds. The Morgan fingerprint density at radius 3 is 3.04 bits per heavy atom. The van der Waals surface area contributed by atoms with Crippen molar-refractivity contribution in [2.45, 2.75) is 44.9 Å². The van der Waals surface area contributed by atoms with Gasteiger partial charge in [0.05, 0.1) is 25.4 Å². The van der Waals surface area contributed by atoms with E-state index in [-0.39, 0.29) is 25.1 Å². The number of ether oxygens (including phenoxy) is 1. The maximum Gasteiger partial charge on any atom is 0.226 e. The molecule has 0 aliphatic carbocycles. The first-order chi connectivity index (χ1) is 12.2. The number of nitrogens with zero attached hydrogens (tertiary/aromatic N) is 3. The van der Waals surface area contributed by atoms with Crippen molar-refractivity contribution in [1.29, 1.82) is 0 Å². The minimum absolute atomic E-state index is 0.0743. The lowest BCUT2D eigenvalue weighted by Crippen LogP contribution is -2.35. The fourth-order valence-electron chi connectivity index (χ4n) is 3.13. The van der Waals surface area contributed by atoms with Gasteiger partial charge in [0.25, 0.3) is 0 Å². The van der Waals surface area contributed by atoms with Crippen molar-refractivity contribution in [2.75, 3.05) is 19.7 Å². The quantitative estimate of drug-likeness (QED) is 0.789. The molecule has 2 aromatic rings. The normalized spacial score (nSPS) is 19.4. The molecule has 1 aromatic carbocycles. The number of aliphatic hydroxyl groups is 1. The number of hydrogen-bond donors (Lipinski definition) is 1. The van der Waals surface area contributed by atoms with Crippen molar-refractivity contribution in [2.24, 2.45) is 0 Å². The van der Waals surface area contributed by atoms with Gasteiger partial charge in [-0.15, -0.1) is 0 Å². The summed E-state index contributed by atoms with van der Waals surface area (Å²) in [6.45, 7) is 3.63. The summed E-state index contributed by atoms with van der Waals surface area (Å²) in [5.74, 6) is 1.03. The van der Waals surface area contributed by atoms with Gasteiger partial charge in [-0.3, -0.25) is 4.90 Å². The average molecular weight is 349 g/mol. The molecule has 0 saturated carbocycles. The average Bonchev–Trinajstić information content (AvgIpc) is 3.25. The van der Waals surface area contributed by atoms with Crippen molar-refractivity contribution >= 4 is 0 Å². The van der Waals surface area contributed by atoms with E-state index in [4.69, 9.17) is 9.26 Å². The van der Waals surface area contributed by atoms with Crippen LogP contribution in [-0.4, -0.2) is 45.9 Å². The number of β-amino-alcohol motifs (C(OH)–C–C–N with tert-alkyl or cyclic N) is 1.